The van der Waals surface area contributed by atoms with Crippen LogP contribution in [0.2, 0.25) is 0 Å². The fraction of sp³-hybridized carbons (Fsp3) is 0.278. The van der Waals surface area contributed by atoms with E-state index < -0.39 is 23.1 Å². The molecule has 1 amide bonds. The molecule has 0 unspecified atom stereocenters. The SMILES string of the molecule is COc1ccc(C(C)(C)C(=O)Nc2cccc(C(F)(F)F)c2)cc1. The molecule has 0 aliphatic rings. The van der Waals surface area contributed by atoms with Crippen molar-refractivity contribution in [2.75, 3.05) is 12.4 Å². The van der Waals surface area contributed by atoms with Crippen molar-refractivity contribution in [2.24, 2.45) is 0 Å². The van der Waals surface area contributed by atoms with Crippen LogP contribution in [0.25, 0.3) is 0 Å². The lowest BCUT2D eigenvalue weighted by atomic mass is 9.83. The minimum atomic E-state index is -4.45. The Morgan fingerprint density at radius 3 is 2.17 bits per heavy atom. The Hall–Kier alpha value is -2.50. The van der Waals surface area contributed by atoms with Crippen LogP contribution in [0.4, 0.5) is 18.9 Å². The zero-order chi connectivity index (χ0) is 18.0. The molecular formula is C18H18F3NO2. The van der Waals surface area contributed by atoms with Gasteiger partial charge in [-0.05, 0) is 49.7 Å². The second-order valence-electron chi connectivity index (χ2n) is 5.89. The maximum absolute atomic E-state index is 12.8. The number of benzene rings is 2. The molecule has 0 fully saturated rings. The van der Waals surface area contributed by atoms with Crippen LogP contribution >= 0.6 is 0 Å². The molecule has 0 aliphatic heterocycles. The zero-order valence-electron chi connectivity index (χ0n) is 13.6. The number of amides is 1. The molecule has 0 radical (unpaired) electrons. The van der Waals surface area contributed by atoms with Gasteiger partial charge in [0.15, 0.2) is 0 Å². The van der Waals surface area contributed by atoms with Crippen LogP contribution in [-0.4, -0.2) is 13.0 Å². The van der Waals surface area contributed by atoms with Crippen molar-refractivity contribution in [1.82, 2.24) is 0 Å². The number of nitrogens with one attached hydrogen (secondary N) is 1. The van der Waals surface area contributed by atoms with Crippen molar-refractivity contribution >= 4 is 11.6 Å². The van der Waals surface area contributed by atoms with E-state index in [1.165, 1.54) is 12.1 Å². The van der Waals surface area contributed by atoms with Crippen LogP contribution in [-0.2, 0) is 16.4 Å². The number of carbonyl (C=O) groups excluding carboxylic acids is 1. The van der Waals surface area contributed by atoms with Gasteiger partial charge in [-0.3, -0.25) is 4.79 Å². The highest BCUT2D eigenvalue weighted by atomic mass is 19.4. The molecule has 0 spiro atoms. The van der Waals surface area contributed by atoms with Crippen molar-refractivity contribution in [3.05, 3.63) is 59.7 Å². The molecule has 0 heterocycles. The lowest BCUT2D eigenvalue weighted by Gasteiger charge is -2.24. The highest BCUT2D eigenvalue weighted by Gasteiger charge is 2.32. The first-order valence-electron chi connectivity index (χ1n) is 7.28. The van der Waals surface area contributed by atoms with E-state index in [0.29, 0.717) is 5.75 Å². The summed E-state index contributed by atoms with van der Waals surface area (Å²) in [7, 11) is 1.54. The number of hydrogen-bond donors (Lipinski definition) is 1. The van der Waals surface area contributed by atoms with E-state index in [2.05, 4.69) is 5.32 Å². The summed E-state index contributed by atoms with van der Waals surface area (Å²) in [6.07, 6.45) is -4.45. The number of carbonyl (C=O) groups is 1. The zero-order valence-corrected chi connectivity index (χ0v) is 13.6. The van der Waals surface area contributed by atoms with Gasteiger partial charge in [-0.25, -0.2) is 0 Å². The number of methoxy groups -OCH3 is 1. The number of alkyl halides is 3. The summed E-state index contributed by atoms with van der Waals surface area (Å²) < 4.78 is 43.3. The van der Waals surface area contributed by atoms with Crippen molar-refractivity contribution < 1.29 is 22.7 Å². The summed E-state index contributed by atoms with van der Waals surface area (Å²) in [6, 6.07) is 11.5. The molecule has 0 atom stereocenters. The third-order valence-corrected chi connectivity index (χ3v) is 3.83. The van der Waals surface area contributed by atoms with Crippen molar-refractivity contribution in [2.45, 2.75) is 25.4 Å². The van der Waals surface area contributed by atoms with E-state index in [1.54, 1.807) is 45.2 Å². The summed E-state index contributed by atoms with van der Waals surface area (Å²) in [4.78, 5) is 12.5. The molecule has 6 heteroatoms. The van der Waals surface area contributed by atoms with Gasteiger partial charge >= 0.3 is 6.18 Å². The molecule has 2 rings (SSSR count). The predicted molar refractivity (Wildman–Crippen MR) is 86.1 cm³/mol. The van der Waals surface area contributed by atoms with Crippen molar-refractivity contribution in [1.29, 1.82) is 0 Å². The number of halogens is 3. The number of rotatable bonds is 4. The molecule has 0 bridgehead atoms. The first-order chi connectivity index (χ1) is 11.1. The van der Waals surface area contributed by atoms with Crippen LogP contribution in [0.1, 0.15) is 25.0 Å². The van der Waals surface area contributed by atoms with Gasteiger partial charge in [-0.2, -0.15) is 13.2 Å². The minimum Gasteiger partial charge on any atom is -0.497 e. The molecule has 1 N–H and O–H groups in total. The maximum atomic E-state index is 12.8. The van der Waals surface area contributed by atoms with E-state index in [9.17, 15) is 18.0 Å². The van der Waals surface area contributed by atoms with Crippen LogP contribution in [0, 0.1) is 0 Å². The molecule has 2 aromatic carbocycles. The van der Waals surface area contributed by atoms with E-state index in [1.807, 2.05) is 0 Å². The Bertz CT molecular complexity index is 722. The smallest absolute Gasteiger partial charge is 0.416 e. The largest absolute Gasteiger partial charge is 0.497 e. The highest BCUT2D eigenvalue weighted by Crippen LogP contribution is 2.32. The predicted octanol–water partition coefficient (Wildman–Crippen LogP) is 4.63. The normalized spacial score (nSPS) is 11.9. The van der Waals surface area contributed by atoms with Crippen LogP contribution in [0.3, 0.4) is 0 Å². The first-order valence-corrected chi connectivity index (χ1v) is 7.28. The van der Waals surface area contributed by atoms with Crippen LogP contribution in [0.15, 0.2) is 48.5 Å². The Labute approximate surface area is 138 Å². The van der Waals surface area contributed by atoms with E-state index in [4.69, 9.17) is 4.74 Å². The summed E-state index contributed by atoms with van der Waals surface area (Å²) in [5.74, 6) is 0.264. The van der Waals surface area contributed by atoms with E-state index in [0.717, 1.165) is 17.7 Å². The quantitative estimate of drug-likeness (QED) is 0.883. The molecule has 0 aromatic heterocycles. The summed E-state index contributed by atoms with van der Waals surface area (Å²) >= 11 is 0. The van der Waals surface area contributed by atoms with E-state index >= 15 is 0 Å². The standard InChI is InChI=1S/C18H18F3NO2/c1-17(2,12-7-9-15(24-3)10-8-12)16(23)22-14-6-4-5-13(11-14)18(19,20)21/h4-11H,1-3H3,(H,22,23). The molecule has 3 nitrogen and oxygen atoms in total. The second kappa shape index (κ2) is 6.55. The highest BCUT2D eigenvalue weighted by molar-refractivity contribution is 5.98. The van der Waals surface area contributed by atoms with Gasteiger partial charge < -0.3 is 10.1 Å². The average molecular weight is 337 g/mol. The van der Waals surface area contributed by atoms with Gasteiger partial charge in [0.2, 0.25) is 5.91 Å². The van der Waals surface area contributed by atoms with Crippen molar-refractivity contribution in [3.8, 4) is 5.75 Å². The second-order valence-corrected chi connectivity index (χ2v) is 5.89. The summed E-state index contributed by atoms with van der Waals surface area (Å²) in [6.45, 7) is 3.41. The average Bonchev–Trinajstić information content (AvgIpc) is 2.54. The Morgan fingerprint density at radius 1 is 1.00 bits per heavy atom. The molecule has 0 saturated carbocycles. The third kappa shape index (κ3) is 3.88. The molecule has 0 saturated heterocycles. The van der Waals surface area contributed by atoms with E-state index in [-0.39, 0.29) is 5.69 Å². The van der Waals surface area contributed by atoms with Gasteiger partial charge in [-0.15, -0.1) is 0 Å². The minimum absolute atomic E-state index is 0.108. The van der Waals surface area contributed by atoms with Gasteiger partial charge in [-0.1, -0.05) is 18.2 Å². The lowest BCUT2D eigenvalue weighted by Crippen LogP contribution is -2.34. The first kappa shape index (κ1) is 17.8. The molecule has 2 aromatic rings. The fourth-order valence-electron chi connectivity index (χ4n) is 2.20. The third-order valence-electron chi connectivity index (χ3n) is 3.83. The van der Waals surface area contributed by atoms with Crippen LogP contribution in [0.5, 0.6) is 5.75 Å². The molecule has 24 heavy (non-hydrogen) atoms. The number of hydrogen-bond acceptors (Lipinski definition) is 2. The fourth-order valence-corrected chi connectivity index (χ4v) is 2.20. The number of ether oxygens (including phenoxy) is 1. The number of anilines is 1. The van der Waals surface area contributed by atoms with Crippen LogP contribution < -0.4 is 10.1 Å². The van der Waals surface area contributed by atoms with Crippen molar-refractivity contribution in [3.63, 3.8) is 0 Å². The maximum Gasteiger partial charge on any atom is 0.416 e. The summed E-state index contributed by atoms with van der Waals surface area (Å²) in [5, 5.41) is 2.55. The van der Waals surface area contributed by atoms with Gasteiger partial charge in [0.05, 0.1) is 18.1 Å². The lowest BCUT2D eigenvalue weighted by molar-refractivity contribution is -0.137. The van der Waals surface area contributed by atoms with Gasteiger partial charge in [0.25, 0.3) is 0 Å². The Morgan fingerprint density at radius 2 is 1.62 bits per heavy atom. The molecular weight excluding hydrogens is 319 g/mol. The molecule has 128 valence electrons. The Kier molecular flexibility index (Phi) is 4.87. The monoisotopic (exact) mass is 337 g/mol. The van der Waals surface area contributed by atoms with Gasteiger partial charge in [0, 0.05) is 5.69 Å². The summed E-state index contributed by atoms with van der Waals surface area (Å²) in [5.41, 5.74) is -0.882. The topological polar surface area (TPSA) is 38.3 Å². The Balaban J connectivity index is 2.21. The van der Waals surface area contributed by atoms with Gasteiger partial charge in [0.1, 0.15) is 5.75 Å². The molecule has 0 aliphatic carbocycles.